The van der Waals surface area contributed by atoms with Gasteiger partial charge in [0.25, 0.3) is 0 Å². The third-order valence-corrected chi connectivity index (χ3v) is 12.9. The van der Waals surface area contributed by atoms with Crippen molar-refractivity contribution in [3.8, 4) is 0 Å². The van der Waals surface area contributed by atoms with Crippen LogP contribution in [-0.4, -0.2) is 47.4 Å². The minimum absolute atomic E-state index is 0.0229. The number of amides is 1. The molecule has 60 heavy (non-hydrogen) atoms. The van der Waals surface area contributed by atoms with Crippen molar-refractivity contribution in [1.82, 2.24) is 5.32 Å². The standard InChI is InChI=1S/C54H107NO5/c1-3-5-7-9-11-13-15-17-18-19-20-21-22-23-24-25-26-27-30-34-38-42-46-52(57)51(50-56)55-53(58)47-43-39-35-31-29-33-37-41-45-49-60-54(59)48-44-40-36-32-28-16-14-12-10-8-6-4-2/h51-52,56-57H,3-50H2,1-2H3,(H,55,58). The largest absolute Gasteiger partial charge is 0.466 e. The van der Waals surface area contributed by atoms with Crippen molar-refractivity contribution in [2.24, 2.45) is 0 Å². The molecule has 358 valence electrons. The Labute approximate surface area is 375 Å². The summed E-state index contributed by atoms with van der Waals surface area (Å²) in [7, 11) is 0. The average Bonchev–Trinajstić information content (AvgIpc) is 3.25. The fraction of sp³-hybridized carbons (Fsp3) is 0.963. The topological polar surface area (TPSA) is 95.9 Å². The molecule has 0 rings (SSSR count). The zero-order valence-electron chi connectivity index (χ0n) is 40.7. The summed E-state index contributed by atoms with van der Waals surface area (Å²) in [6, 6.07) is -0.560. The van der Waals surface area contributed by atoms with Crippen LogP contribution in [0.4, 0.5) is 0 Å². The van der Waals surface area contributed by atoms with Gasteiger partial charge in [0.05, 0.1) is 25.4 Å². The van der Waals surface area contributed by atoms with Gasteiger partial charge in [-0.3, -0.25) is 9.59 Å². The number of hydrogen-bond acceptors (Lipinski definition) is 5. The van der Waals surface area contributed by atoms with Gasteiger partial charge in [-0.25, -0.2) is 0 Å². The summed E-state index contributed by atoms with van der Waals surface area (Å²) >= 11 is 0. The number of esters is 1. The van der Waals surface area contributed by atoms with Crippen LogP contribution in [0.3, 0.4) is 0 Å². The van der Waals surface area contributed by atoms with E-state index in [0.717, 1.165) is 57.8 Å². The molecule has 0 aromatic heterocycles. The molecule has 0 spiro atoms. The Morgan fingerprint density at radius 2 is 0.683 bits per heavy atom. The number of aliphatic hydroxyl groups is 2. The molecule has 2 unspecified atom stereocenters. The normalized spacial score (nSPS) is 12.5. The molecule has 0 fully saturated rings. The van der Waals surface area contributed by atoms with Crippen LogP contribution in [0.5, 0.6) is 0 Å². The molecule has 0 saturated carbocycles. The van der Waals surface area contributed by atoms with Crippen molar-refractivity contribution < 1.29 is 24.5 Å². The van der Waals surface area contributed by atoms with Crippen molar-refractivity contribution in [2.75, 3.05) is 13.2 Å². The van der Waals surface area contributed by atoms with E-state index in [4.69, 9.17) is 4.74 Å². The number of aliphatic hydroxyl groups excluding tert-OH is 2. The second-order valence-electron chi connectivity index (χ2n) is 18.9. The van der Waals surface area contributed by atoms with E-state index in [1.54, 1.807) is 0 Å². The van der Waals surface area contributed by atoms with Gasteiger partial charge in [-0.15, -0.1) is 0 Å². The Kier molecular flexibility index (Phi) is 49.5. The van der Waals surface area contributed by atoms with Crippen LogP contribution in [0, 0.1) is 0 Å². The molecule has 0 saturated heterocycles. The molecule has 0 radical (unpaired) electrons. The number of nitrogens with one attached hydrogen (secondary N) is 1. The first kappa shape index (κ1) is 58.9. The molecule has 6 nitrogen and oxygen atoms in total. The molecular formula is C54H107NO5. The lowest BCUT2D eigenvalue weighted by molar-refractivity contribution is -0.143. The SMILES string of the molecule is CCCCCCCCCCCCCCCCCCCCCCCCC(O)C(CO)NC(=O)CCCCCCCCCCCOC(=O)CCCCCCCCCCCCCC. The minimum Gasteiger partial charge on any atom is -0.466 e. The predicted molar refractivity (Wildman–Crippen MR) is 260 cm³/mol. The van der Waals surface area contributed by atoms with Crippen LogP contribution in [0.15, 0.2) is 0 Å². The molecule has 3 N–H and O–H groups in total. The zero-order chi connectivity index (χ0) is 43.7. The second kappa shape index (κ2) is 50.5. The summed E-state index contributed by atoms with van der Waals surface area (Å²) in [5.41, 5.74) is 0. The van der Waals surface area contributed by atoms with Gasteiger partial charge in [-0.05, 0) is 25.7 Å². The maximum atomic E-state index is 12.5. The van der Waals surface area contributed by atoms with Gasteiger partial charge in [0.2, 0.25) is 5.91 Å². The lowest BCUT2D eigenvalue weighted by Crippen LogP contribution is -2.45. The maximum Gasteiger partial charge on any atom is 0.305 e. The molecule has 0 aromatic rings. The third-order valence-electron chi connectivity index (χ3n) is 12.9. The third kappa shape index (κ3) is 46.4. The van der Waals surface area contributed by atoms with Crippen LogP contribution >= 0.6 is 0 Å². The zero-order valence-corrected chi connectivity index (χ0v) is 40.7. The van der Waals surface area contributed by atoms with Crippen LogP contribution in [-0.2, 0) is 14.3 Å². The highest BCUT2D eigenvalue weighted by Crippen LogP contribution is 2.17. The Hall–Kier alpha value is -1.14. The fourth-order valence-corrected chi connectivity index (χ4v) is 8.70. The van der Waals surface area contributed by atoms with Gasteiger partial charge in [0.1, 0.15) is 0 Å². The van der Waals surface area contributed by atoms with E-state index < -0.39 is 12.1 Å². The Balaban J connectivity index is 3.47. The Bertz CT molecular complexity index is 852. The molecule has 0 bridgehead atoms. The number of ether oxygens (including phenoxy) is 1. The number of carbonyl (C=O) groups is 2. The molecule has 0 aromatic carbocycles. The summed E-state index contributed by atoms with van der Waals surface area (Å²) < 4.78 is 5.44. The van der Waals surface area contributed by atoms with Crippen molar-refractivity contribution in [3.05, 3.63) is 0 Å². The van der Waals surface area contributed by atoms with Crippen molar-refractivity contribution in [3.63, 3.8) is 0 Å². The van der Waals surface area contributed by atoms with E-state index in [0.29, 0.717) is 25.9 Å². The number of carbonyl (C=O) groups excluding carboxylic acids is 2. The lowest BCUT2D eigenvalue weighted by Gasteiger charge is -2.22. The van der Waals surface area contributed by atoms with E-state index in [1.165, 1.54) is 218 Å². The van der Waals surface area contributed by atoms with Gasteiger partial charge < -0.3 is 20.3 Å². The van der Waals surface area contributed by atoms with Crippen molar-refractivity contribution >= 4 is 11.9 Å². The lowest BCUT2D eigenvalue weighted by atomic mass is 10.0. The van der Waals surface area contributed by atoms with Crippen molar-refractivity contribution in [1.29, 1.82) is 0 Å². The number of unbranched alkanes of at least 4 members (excludes halogenated alkanes) is 40. The molecule has 0 heterocycles. The average molecular weight is 850 g/mol. The molecule has 0 aliphatic carbocycles. The monoisotopic (exact) mass is 850 g/mol. The van der Waals surface area contributed by atoms with Gasteiger partial charge in [-0.1, -0.05) is 271 Å². The predicted octanol–water partition coefficient (Wildman–Crippen LogP) is 16.4. The van der Waals surface area contributed by atoms with Gasteiger partial charge in [-0.2, -0.15) is 0 Å². The van der Waals surface area contributed by atoms with Gasteiger partial charge in [0.15, 0.2) is 0 Å². The fourth-order valence-electron chi connectivity index (χ4n) is 8.70. The van der Waals surface area contributed by atoms with E-state index in [-0.39, 0.29) is 18.5 Å². The highest BCUT2D eigenvalue weighted by Gasteiger charge is 2.20. The van der Waals surface area contributed by atoms with Gasteiger partial charge in [0, 0.05) is 12.8 Å². The molecule has 0 aliphatic rings. The summed E-state index contributed by atoms with van der Waals surface area (Å²) in [4.78, 5) is 24.5. The van der Waals surface area contributed by atoms with E-state index in [1.807, 2.05) is 0 Å². The molecule has 1 amide bonds. The van der Waals surface area contributed by atoms with E-state index in [2.05, 4.69) is 19.2 Å². The first-order valence-corrected chi connectivity index (χ1v) is 27.3. The van der Waals surface area contributed by atoms with Crippen LogP contribution in [0.1, 0.15) is 309 Å². The smallest absolute Gasteiger partial charge is 0.305 e. The molecule has 6 heteroatoms. The van der Waals surface area contributed by atoms with E-state index >= 15 is 0 Å². The summed E-state index contributed by atoms with van der Waals surface area (Å²) in [5, 5.41) is 23.3. The Morgan fingerprint density at radius 1 is 0.400 bits per heavy atom. The number of hydrogen-bond donors (Lipinski definition) is 3. The highest BCUT2D eigenvalue weighted by atomic mass is 16.5. The minimum atomic E-state index is -0.680. The van der Waals surface area contributed by atoms with Crippen LogP contribution in [0.25, 0.3) is 0 Å². The van der Waals surface area contributed by atoms with Crippen LogP contribution < -0.4 is 5.32 Å². The van der Waals surface area contributed by atoms with E-state index in [9.17, 15) is 19.8 Å². The van der Waals surface area contributed by atoms with Crippen molar-refractivity contribution in [2.45, 2.75) is 321 Å². The summed E-state index contributed by atoms with van der Waals surface area (Å²) in [5.74, 6) is -0.0813. The quantitative estimate of drug-likeness (QED) is 0.0418. The second-order valence-corrected chi connectivity index (χ2v) is 18.9. The first-order valence-electron chi connectivity index (χ1n) is 27.3. The summed E-state index contributed by atoms with van der Waals surface area (Å²) in [6.07, 6.45) is 56.5. The molecular weight excluding hydrogens is 743 g/mol. The number of rotatable bonds is 51. The molecule has 0 aliphatic heterocycles. The maximum absolute atomic E-state index is 12.5. The highest BCUT2D eigenvalue weighted by molar-refractivity contribution is 5.76. The molecule has 2 atom stereocenters. The first-order chi connectivity index (χ1) is 29.5. The summed E-state index contributed by atoms with van der Waals surface area (Å²) in [6.45, 7) is 4.91. The van der Waals surface area contributed by atoms with Gasteiger partial charge >= 0.3 is 5.97 Å². The Morgan fingerprint density at radius 3 is 1.02 bits per heavy atom. The van der Waals surface area contributed by atoms with Crippen LogP contribution in [0.2, 0.25) is 0 Å².